The van der Waals surface area contributed by atoms with E-state index in [0.29, 0.717) is 16.6 Å². The summed E-state index contributed by atoms with van der Waals surface area (Å²) in [4.78, 5) is 0. The Balaban J connectivity index is 3.23. The third-order valence-corrected chi connectivity index (χ3v) is 10.5. The summed E-state index contributed by atoms with van der Waals surface area (Å²) in [7, 11) is -0.301. The maximum absolute atomic E-state index is 6.73. The van der Waals surface area contributed by atoms with Gasteiger partial charge in [0.1, 0.15) is 11.5 Å². The summed E-state index contributed by atoms with van der Waals surface area (Å²) in [5, 5.41) is 0. The van der Waals surface area contributed by atoms with Crippen molar-refractivity contribution in [3.63, 3.8) is 0 Å². The van der Waals surface area contributed by atoms with Crippen molar-refractivity contribution in [1.82, 2.24) is 0 Å². The molecule has 0 N–H and O–H groups in total. The van der Waals surface area contributed by atoms with Gasteiger partial charge < -0.3 is 13.9 Å². The first kappa shape index (κ1) is 19.9. The van der Waals surface area contributed by atoms with Crippen molar-refractivity contribution in [1.29, 1.82) is 0 Å². The third-order valence-electron chi connectivity index (χ3n) is 4.50. The van der Waals surface area contributed by atoms with Gasteiger partial charge in [-0.05, 0) is 42.6 Å². The third kappa shape index (κ3) is 4.43. The molecule has 0 aromatic heterocycles. The van der Waals surface area contributed by atoms with E-state index in [-0.39, 0.29) is 6.10 Å². The molecule has 0 heterocycles. The second kappa shape index (κ2) is 8.09. The van der Waals surface area contributed by atoms with E-state index in [9.17, 15) is 0 Å². The molecule has 3 nitrogen and oxygen atoms in total. The van der Waals surface area contributed by atoms with Gasteiger partial charge in [-0.1, -0.05) is 41.5 Å². The van der Waals surface area contributed by atoms with Crippen molar-refractivity contribution in [2.75, 3.05) is 7.11 Å². The summed E-state index contributed by atoms with van der Waals surface area (Å²) >= 11 is 0. The molecule has 0 bridgehead atoms. The van der Waals surface area contributed by atoms with Gasteiger partial charge >= 0.3 is 0 Å². The molecule has 0 saturated heterocycles. The Hall–Kier alpha value is -1.16. The highest BCUT2D eigenvalue weighted by atomic mass is 28.4. The van der Waals surface area contributed by atoms with Gasteiger partial charge in [0.2, 0.25) is 0 Å². The molecule has 0 fully saturated rings. The summed E-state index contributed by atoms with van der Waals surface area (Å²) in [6.45, 7) is 17.8. The molecular weight excluding hydrogens is 304 g/mol. The lowest BCUT2D eigenvalue weighted by atomic mass is 10.3. The van der Waals surface area contributed by atoms with E-state index in [4.69, 9.17) is 13.9 Å². The van der Waals surface area contributed by atoms with Crippen molar-refractivity contribution in [3.05, 3.63) is 18.2 Å². The molecule has 0 unspecified atom stereocenters. The molecular formula is C19H34O3Si. The van der Waals surface area contributed by atoms with Crippen LogP contribution in [0, 0.1) is 0 Å². The van der Waals surface area contributed by atoms with E-state index >= 15 is 0 Å². The normalized spacial score (nSPS) is 12.4. The predicted octanol–water partition coefficient (Wildman–Crippen LogP) is 6.04. The molecule has 0 aliphatic carbocycles. The molecule has 0 radical (unpaired) electrons. The first-order valence-corrected chi connectivity index (χ1v) is 10.8. The van der Waals surface area contributed by atoms with E-state index in [1.54, 1.807) is 7.11 Å². The fourth-order valence-electron chi connectivity index (χ4n) is 3.62. The van der Waals surface area contributed by atoms with Gasteiger partial charge in [-0.2, -0.15) is 0 Å². The van der Waals surface area contributed by atoms with E-state index < -0.39 is 8.32 Å². The standard InChI is InChI=1S/C19H34O3Si/c1-13(2)21-17-10-11-18(19(12-17)20-9)22-23(14(3)4,15(5)6)16(7)8/h10-16H,1-9H3. The van der Waals surface area contributed by atoms with Crippen LogP contribution in [-0.4, -0.2) is 21.5 Å². The Morgan fingerprint density at radius 1 is 0.783 bits per heavy atom. The van der Waals surface area contributed by atoms with Crippen molar-refractivity contribution < 1.29 is 13.9 Å². The van der Waals surface area contributed by atoms with Crippen molar-refractivity contribution in [2.45, 2.75) is 78.1 Å². The lowest BCUT2D eigenvalue weighted by Gasteiger charge is -2.42. The zero-order valence-corrected chi connectivity index (χ0v) is 17.3. The number of hydrogen-bond acceptors (Lipinski definition) is 3. The van der Waals surface area contributed by atoms with E-state index in [1.807, 2.05) is 32.0 Å². The van der Waals surface area contributed by atoms with Crippen molar-refractivity contribution in [3.8, 4) is 17.2 Å². The average molecular weight is 339 g/mol. The molecule has 1 rings (SSSR count). The van der Waals surface area contributed by atoms with Crippen LogP contribution >= 0.6 is 0 Å². The highest BCUT2D eigenvalue weighted by Gasteiger charge is 2.47. The maximum Gasteiger partial charge on any atom is 0.258 e. The molecule has 0 atom stereocenters. The first-order valence-electron chi connectivity index (χ1n) is 8.68. The molecule has 23 heavy (non-hydrogen) atoms. The Labute approximate surface area is 143 Å². The average Bonchev–Trinajstić information content (AvgIpc) is 2.43. The van der Waals surface area contributed by atoms with Crippen LogP contribution in [-0.2, 0) is 0 Å². The summed E-state index contributed by atoms with van der Waals surface area (Å²) in [5.74, 6) is 2.41. The largest absolute Gasteiger partial charge is 0.540 e. The molecule has 0 aliphatic rings. The van der Waals surface area contributed by atoms with Crippen LogP contribution in [0.15, 0.2) is 18.2 Å². The molecule has 132 valence electrons. The Morgan fingerprint density at radius 2 is 1.30 bits per heavy atom. The quantitative estimate of drug-likeness (QED) is 0.541. The van der Waals surface area contributed by atoms with Crippen LogP contribution in [0.4, 0.5) is 0 Å². The Bertz CT molecular complexity index is 474. The van der Waals surface area contributed by atoms with Crippen LogP contribution in [0.3, 0.4) is 0 Å². The minimum absolute atomic E-state index is 0.141. The highest BCUT2D eigenvalue weighted by Crippen LogP contribution is 2.45. The monoisotopic (exact) mass is 338 g/mol. The van der Waals surface area contributed by atoms with Gasteiger partial charge in [-0.15, -0.1) is 0 Å². The summed E-state index contributed by atoms with van der Waals surface area (Å²) in [6, 6.07) is 5.89. The molecule has 0 spiro atoms. The van der Waals surface area contributed by atoms with E-state index in [0.717, 1.165) is 17.2 Å². The van der Waals surface area contributed by atoms with Gasteiger partial charge in [0.15, 0.2) is 5.75 Å². The summed E-state index contributed by atoms with van der Waals surface area (Å²) in [6.07, 6.45) is 0.141. The Morgan fingerprint density at radius 3 is 1.70 bits per heavy atom. The maximum atomic E-state index is 6.73. The zero-order chi connectivity index (χ0) is 17.8. The second-order valence-electron chi connectivity index (χ2n) is 7.40. The van der Waals surface area contributed by atoms with Gasteiger partial charge in [-0.25, -0.2) is 0 Å². The van der Waals surface area contributed by atoms with Crippen LogP contribution in [0.1, 0.15) is 55.4 Å². The van der Waals surface area contributed by atoms with Crippen LogP contribution in [0.2, 0.25) is 16.6 Å². The van der Waals surface area contributed by atoms with Gasteiger partial charge in [0.25, 0.3) is 8.32 Å². The van der Waals surface area contributed by atoms with Gasteiger partial charge in [0.05, 0.1) is 13.2 Å². The molecule has 0 amide bonds. The number of methoxy groups -OCH3 is 1. The summed E-state index contributed by atoms with van der Waals surface area (Å²) in [5.41, 5.74) is 1.58. The number of benzene rings is 1. The topological polar surface area (TPSA) is 27.7 Å². The van der Waals surface area contributed by atoms with E-state index in [1.165, 1.54) is 0 Å². The molecule has 4 heteroatoms. The second-order valence-corrected chi connectivity index (χ2v) is 12.8. The Kier molecular flexibility index (Phi) is 6.99. The minimum atomic E-state index is -1.99. The van der Waals surface area contributed by atoms with Crippen molar-refractivity contribution in [2.24, 2.45) is 0 Å². The SMILES string of the molecule is COc1cc(OC(C)C)ccc1O[Si](C(C)C)(C(C)C)C(C)C. The number of ether oxygens (including phenoxy) is 2. The number of rotatable bonds is 8. The number of hydrogen-bond donors (Lipinski definition) is 0. The molecule has 0 aliphatic heterocycles. The van der Waals surface area contributed by atoms with Crippen LogP contribution in [0.5, 0.6) is 17.2 Å². The molecule has 0 saturated carbocycles. The fraction of sp³-hybridized carbons (Fsp3) is 0.684. The van der Waals surface area contributed by atoms with E-state index in [2.05, 4.69) is 41.5 Å². The lowest BCUT2D eigenvalue weighted by molar-refractivity contribution is 0.240. The van der Waals surface area contributed by atoms with Gasteiger partial charge in [0, 0.05) is 6.07 Å². The first-order chi connectivity index (χ1) is 10.6. The van der Waals surface area contributed by atoms with Gasteiger partial charge in [-0.3, -0.25) is 0 Å². The fourth-order valence-corrected chi connectivity index (χ4v) is 8.88. The molecule has 1 aromatic rings. The lowest BCUT2D eigenvalue weighted by Crippen LogP contribution is -2.50. The van der Waals surface area contributed by atoms with Crippen LogP contribution < -0.4 is 13.9 Å². The highest BCUT2D eigenvalue weighted by molar-refractivity contribution is 6.78. The predicted molar refractivity (Wildman–Crippen MR) is 100 cm³/mol. The zero-order valence-electron chi connectivity index (χ0n) is 16.3. The van der Waals surface area contributed by atoms with Crippen molar-refractivity contribution >= 4 is 8.32 Å². The molecule has 1 aromatic carbocycles. The van der Waals surface area contributed by atoms with Crippen LogP contribution in [0.25, 0.3) is 0 Å². The summed E-state index contributed by atoms with van der Waals surface area (Å²) < 4.78 is 18.1. The minimum Gasteiger partial charge on any atom is -0.540 e. The smallest absolute Gasteiger partial charge is 0.258 e.